The van der Waals surface area contributed by atoms with Gasteiger partial charge in [-0.2, -0.15) is 13.2 Å². The molecule has 154 valence electrons. The minimum Gasteiger partial charge on any atom is -0.357 e. The van der Waals surface area contributed by atoms with E-state index in [1.165, 1.54) is 0 Å². The van der Waals surface area contributed by atoms with Crippen molar-refractivity contribution in [1.82, 2.24) is 20.5 Å². The van der Waals surface area contributed by atoms with E-state index >= 15 is 0 Å². The van der Waals surface area contributed by atoms with Crippen LogP contribution in [0.3, 0.4) is 0 Å². The third-order valence-corrected chi connectivity index (χ3v) is 4.90. The fraction of sp³-hybridized carbons (Fsp3) is 0.333. The molecular formula is C18H18F3N5O2S. The number of amides is 2. The van der Waals surface area contributed by atoms with Crippen molar-refractivity contribution in [2.75, 3.05) is 19.6 Å². The van der Waals surface area contributed by atoms with Crippen LogP contribution in [0, 0.1) is 0 Å². The van der Waals surface area contributed by atoms with Gasteiger partial charge in [0.2, 0.25) is 0 Å². The van der Waals surface area contributed by atoms with Gasteiger partial charge in [0.25, 0.3) is 11.8 Å². The Hall–Kier alpha value is -2.95. The third kappa shape index (κ3) is 4.73. The average molecular weight is 425 g/mol. The van der Waals surface area contributed by atoms with Crippen LogP contribution in [0.15, 0.2) is 34.6 Å². The van der Waals surface area contributed by atoms with Crippen molar-refractivity contribution >= 4 is 29.1 Å². The molecular weight excluding hydrogens is 407 g/mol. The van der Waals surface area contributed by atoms with Crippen LogP contribution >= 0.6 is 11.3 Å². The van der Waals surface area contributed by atoms with Crippen molar-refractivity contribution in [3.8, 4) is 0 Å². The van der Waals surface area contributed by atoms with Crippen molar-refractivity contribution in [2.45, 2.75) is 19.6 Å². The van der Waals surface area contributed by atoms with Crippen LogP contribution < -0.4 is 10.6 Å². The van der Waals surface area contributed by atoms with Gasteiger partial charge in [0, 0.05) is 25.0 Å². The van der Waals surface area contributed by atoms with Gasteiger partial charge in [-0.1, -0.05) is 12.1 Å². The molecule has 0 spiro atoms. The molecule has 0 saturated heterocycles. The fourth-order valence-corrected chi connectivity index (χ4v) is 3.45. The van der Waals surface area contributed by atoms with Crippen molar-refractivity contribution < 1.29 is 22.8 Å². The van der Waals surface area contributed by atoms with Crippen LogP contribution in [-0.4, -0.2) is 47.3 Å². The van der Waals surface area contributed by atoms with E-state index in [4.69, 9.17) is 0 Å². The highest BCUT2D eigenvalue weighted by Gasteiger charge is 2.35. The van der Waals surface area contributed by atoms with E-state index in [0.717, 1.165) is 21.6 Å². The second-order valence-corrected chi connectivity index (χ2v) is 7.00. The number of aromatic nitrogens is 1. The Kier molecular flexibility index (Phi) is 6.16. The maximum absolute atomic E-state index is 12.6. The first-order chi connectivity index (χ1) is 13.8. The summed E-state index contributed by atoms with van der Waals surface area (Å²) in [6, 6.07) is 6.62. The number of carbonyl (C=O) groups is 2. The largest absolute Gasteiger partial charge is 0.434 e. The molecule has 2 amide bonds. The lowest BCUT2D eigenvalue weighted by atomic mass is 10.1. The van der Waals surface area contributed by atoms with E-state index in [2.05, 4.69) is 20.6 Å². The number of halogens is 3. The molecule has 0 aliphatic carbocycles. The van der Waals surface area contributed by atoms with Crippen LogP contribution in [0.4, 0.5) is 13.2 Å². The molecule has 2 heterocycles. The highest BCUT2D eigenvalue weighted by atomic mass is 32.1. The van der Waals surface area contributed by atoms with E-state index in [0.29, 0.717) is 23.6 Å². The maximum Gasteiger partial charge on any atom is 0.434 e. The standard InChI is InChI=1S/C18H18F3N5O2S/c1-2-22-17(24-9-14-25-13(10-29-14)18(19,20)21)23-7-8-26-15(27)11-5-3-4-6-12(11)16(26)28/h3-6,10H,2,7-9H2,1H3,(H2,22,23,24). The number of guanidine groups is 1. The molecule has 11 heteroatoms. The Balaban J connectivity index is 1.57. The zero-order valence-corrected chi connectivity index (χ0v) is 16.2. The summed E-state index contributed by atoms with van der Waals surface area (Å²) in [6.07, 6.45) is -4.48. The zero-order chi connectivity index (χ0) is 21.0. The number of benzene rings is 1. The van der Waals surface area contributed by atoms with Gasteiger partial charge < -0.3 is 10.6 Å². The fourth-order valence-electron chi connectivity index (χ4n) is 2.73. The normalized spacial score (nSPS) is 14.3. The molecule has 2 N–H and O–H groups in total. The molecule has 7 nitrogen and oxygen atoms in total. The molecule has 3 rings (SSSR count). The Morgan fingerprint density at radius 1 is 1.17 bits per heavy atom. The molecule has 29 heavy (non-hydrogen) atoms. The van der Waals surface area contributed by atoms with Crippen molar-refractivity contribution in [3.05, 3.63) is 51.5 Å². The molecule has 0 bridgehead atoms. The molecule has 0 saturated carbocycles. The van der Waals surface area contributed by atoms with Gasteiger partial charge in [0.1, 0.15) is 5.01 Å². The Bertz CT molecular complexity index is 907. The summed E-state index contributed by atoms with van der Waals surface area (Å²) in [4.78, 5) is 33.6. The molecule has 1 aromatic carbocycles. The number of hydrogen-bond acceptors (Lipinski definition) is 5. The van der Waals surface area contributed by atoms with Crippen LogP contribution in [0.25, 0.3) is 0 Å². The molecule has 0 radical (unpaired) electrons. The monoisotopic (exact) mass is 425 g/mol. The maximum atomic E-state index is 12.6. The quantitative estimate of drug-likeness (QED) is 0.422. The first kappa shape index (κ1) is 20.8. The molecule has 0 atom stereocenters. The van der Waals surface area contributed by atoms with Gasteiger partial charge in [0.15, 0.2) is 11.7 Å². The number of carbonyl (C=O) groups excluding carboxylic acids is 2. The van der Waals surface area contributed by atoms with Crippen molar-refractivity contribution in [1.29, 1.82) is 0 Å². The Morgan fingerprint density at radius 3 is 2.38 bits per heavy atom. The second kappa shape index (κ2) is 8.60. The number of aliphatic imine (C=N–C) groups is 1. The molecule has 0 unspecified atom stereocenters. The number of hydrogen-bond donors (Lipinski definition) is 2. The van der Waals surface area contributed by atoms with E-state index in [1.807, 2.05) is 6.92 Å². The average Bonchev–Trinajstić information content (AvgIpc) is 3.26. The van der Waals surface area contributed by atoms with Crippen LogP contribution in [0.5, 0.6) is 0 Å². The summed E-state index contributed by atoms with van der Waals surface area (Å²) < 4.78 is 37.9. The summed E-state index contributed by atoms with van der Waals surface area (Å²) in [6.45, 7) is 2.72. The van der Waals surface area contributed by atoms with Gasteiger partial charge in [-0.05, 0) is 19.1 Å². The lowest BCUT2D eigenvalue weighted by molar-refractivity contribution is -0.140. The molecule has 1 aliphatic heterocycles. The molecule has 1 aliphatic rings. The lowest BCUT2D eigenvalue weighted by Gasteiger charge is -2.16. The number of thiazole rings is 1. The minimum atomic E-state index is -4.48. The molecule has 0 fully saturated rings. The van der Waals surface area contributed by atoms with Gasteiger partial charge in [-0.15, -0.1) is 11.3 Å². The molecule has 1 aromatic heterocycles. The predicted octanol–water partition coefficient (Wildman–Crippen LogP) is 2.51. The summed E-state index contributed by atoms with van der Waals surface area (Å²) in [5.41, 5.74) is -0.180. The summed E-state index contributed by atoms with van der Waals surface area (Å²) in [7, 11) is 0. The Labute approximate surface area is 168 Å². The van der Waals surface area contributed by atoms with E-state index in [1.54, 1.807) is 24.3 Å². The lowest BCUT2D eigenvalue weighted by Crippen LogP contribution is -2.43. The number of nitrogens with one attached hydrogen (secondary N) is 2. The van der Waals surface area contributed by atoms with Crippen LogP contribution in [-0.2, 0) is 12.7 Å². The van der Waals surface area contributed by atoms with Gasteiger partial charge in [0.05, 0.1) is 17.7 Å². The Morgan fingerprint density at radius 2 is 1.83 bits per heavy atom. The van der Waals surface area contributed by atoms with Gasteiger partial charge in [-0.3, -0.25) is 14.5 Å². The van der Waals surface area contributed by atoms with E-state index < -0.39 is 11.9 Å². The number of fused-ring (bicyclic) bond motifs is 1. The second-order valence-electron chi connectivity index (χ2n) is 6.05. The van der Waals surface area contributed by atoms with E-state index in [-0.39, 0.29) is 36.5 Å². The number of rotatable bonds is 6. The SMILES string of the molecule is CCNC(=NCc1nc(C(F)(F)F)cs1)NCCN1C(=O)c2ccccc2C1=O. The first-order valence-electron chi connectivity index (χ1n) is 8.80. The van der Waals surface area contributed by atoms with Gasteiger partial charge in [-0.25, -0.2) is 9.98 Å². The van der Waals surface area contributed by atoms with Crippen molar-refractivity contribution in [3.63, 3.8) is 0 Å². The van der Waals surface area contributed by atoms with Crippen LogP contribution in [0.2, 0.25) is 0 Å². The summed E-state index contributed by atoms with van der Waals surface area (Å²) >= 11 is 0.883. The highest BCUT2D eigenvalue weighted by Crippen LogP contribution is 2.30. The first-order valence-corrected chi connectivity index (χ1v) is 9.68. The zero-order valence-electron chi connectivity index (χ0n) is 15.4. The summed E-state index contributed by atoms with van der Waals surface area (Å²) in [5.74, 6) is -0.346. The highest BCUT2D eigenvalue weighted by molar-refractivity contribution is 7.09. The van der Waals surface area contributed by atoms with Crippen molar-refractivity contribution in [2.24, 2.45) is 4.99 Å². The topological polar surface area (TPSA) is 86.7 Å². The molecule has 2 aromatic rings. The van der Waals surface area contributed by atoms with E-state index in [9.17, 15) is 22.8 Å². The van der Waals surface area contributed by atoms with Crippen LogP contribution in [0.1, 0.15) is 38.3 Å². The number of imide groups is 1. The number of nitrogens with zero attached hydrogens (tertiary/aromatic N) is 3. The third-order valence-electron chi connectivity index (χ3n) is 4.06. The predicted molar refractivity (Wildman–Crippen MR) is 102 cm³/mol. The summed E-state index contributed by atoms with van der Waals surface area (Å²) in [5, 5.41) is 7.11. The van der Waals surface area contributed by atoms with Gasteiger partial charge >= 0.3 is 6.18 Å². The smallest absolute Gasteiger partial charge is 0.357 e. The minimum absolute atomic E-state index is 0.0247. The number of alkyl halides is 3.